The Hall–Kier alpha value is -2.98. The van der Waals surface area contributed by atoms with Crippen molar-refractivity contribution in [2.75, 3.05) is 16.3 Å². The first-order valence-corrected chi connectivity index (χ1v) is 12.9. The second-order valence-corrected chi connectivity index (χ2v) is 11.2. The van der Waals surface area contributed by atoms with Crippen molar-refractivity contribution < 1.29 is 9.84 Å². The summed E-state index contributed by atoms with van der Waals surface area (Å²) in [5.74, 6) is 1.06. The molecule has 2 aliphatic rings. The summed E-state index contributed by atoms with van der Waals surface area (Å²) >= 11 is 0. The van der Waals surface area contributed by atoms with Crippen LogP contribution in [0.4, 0.5) is 11.4 Å². The van der Waals surface area contributed by atoms with Crippen molar-refractivity contribution in [1.29, 1.82) is 0 Å². The number of aliphatic hydroxyl groups is 1. The van der Waals surface area contributed by atoms with Crippen molar-refractivity contribution in [2.45, 2.75) is 65.0 Å². The maximum Gasteiger partial charge on any atom is 0.128 e. The van der Waals surface area contributed by atoms with Crippen LogP contribution in [0.1, 0.15) is 52.3 Å². The molecule has 1 N–H and O–H groups in total. The fraction of sp³-hybridized carbons (Fsp3) is 0.419. The summed E-state index contributed by atoms with van der Waals surface area (Å²) in [5.41, 5.74) is 3.68. The van der Waals surface area contributed by atoms with Crippen molar-refractivity contribution in [3.05, 3.63) is 90.5 Å². The van der Waals surface area contributed by atoms with Crippen LogP contribution in [0, 0.1) is 11.3 Å². The molecule has 0 bridgehead atoms. The molecule has 2 fully saturated rings. The van der Waals surface area contributed by atoms with Gasteiger partial charge in [-0.15, -0.1) is 0 Å². The number of rotatable bonds is 5. The van der Waals surface area contributed by atoms with Gasteiger partial charge in [0.2, 0.25) is 0 Å². The highest BCUT2D eigenvalue weighted by atomic mass is 16.5. The second kappa shape index (κ2) is 9.58. The number of benzene rings is 3. The molecule has 35 heavy (non-hydrogen) atoms. The van der Waals surface area contributed by atoms with Crippen LogP contribution in [0.2, 0.25) is 0 Å². The molecule has 0 spiro atoms. The van der Waals surface area contributed by atoms with Gasteiger partial charge in [-0.25, -0.2) is 0 Å². The van der Waals surface area contributed by atoms with Gasteiger partial charge in [-0.2, -0.15) is 0 Å². The molecule has 0 aromatic heterocycles. The van der Waals surface area contributed by atoms with Gasteiger partial charge in [0.15, 0.2) is 0 Å². The van der Waals surface area contributed by atoms with Gasteiger partial charge in [-0.1, -0.05) is 62.4 Å². The Morgan fingerprint density at radius 3 is 2.03 bits per heavy atom. The van der Waals surface area contributed by atoms with Gasteiger partial charge < -0.3 is 19.6 Å². The summed E-state index contributed by atoms with van der Waals surface area (Å²) in [6.07, 6.45) is 1.71. The molecular weight excluding hydrogens is 432 g/mol. The van der Waals surface area contributed by atoms with Gasteiger partial charge >= 0.3 is 0 Å². The molecule has 3 aromatic carbocycles. The maximum atomic E-state index is 11.4. The van der Waals surface area contributed by atoms with Crippen LogP contribution >= 0.6 is 0 Å². The summed E-state index contributed by atoms with van der Waals surface area (Å²) in [5, 5.41) is 11.4. The quantitative estimate of drug-likeness (QED) is 0.452. The maximum absolute atomic E-state index is 11.4. The summed E-state index contributed by atoms with van der Waals surface area (Å²) in [4.78, 5) is 5.05. The predicted octanol–water partition coefficient (Wildman–Crippen LogP) is 6.66. The lowest BCUT2D eigenvalue weighted by atomic mass is 9.66. The third-order valence-electron chi connectivity index (χ3n) is 7.53. The molecule has 0 radical (unpaired) electrons. The summed E-state index contributed by atoms with van der Waals surface area (Å²) in [6, 6.07) is 30.2. The Kier molecular flexibility index (Phi) is 6.50. The van der Waals surface area contributed by atoms with E-state index in [1.807, 2.05) is 0 Å². The van der Waals surface area contributed by atoms with Gasteiger partial charge in [0.1, 0.15) is 11.9 Å². The van der Waals surface area contributed by atoms with Crippen LogP contribution in [0.25, 0.3) is 0 Å². The molecule has 184 valence electrons. The third-order valence-corrected chi connectivity index (χ3v) is 7.53. The van der Waals surface area contributed by atoms with Crippen molar-refractivity contribution >= 4 is 11.4 Å². The zero-order chi connectivity index (χ0) is 24.6. The van der Waals surface area contributed by atoms with Crippen LogP contribution in [0.5, 0.6) is 5.75 Å². The molecule has 1 aliphatic carbocycles. The standard InChI is InChI=1S/C31H38N2O2/c1-22(2)35-26-17-15-23(16-18-26)30-32(24-11-7-5-8-12-24)21-27-28(19-31(3,4)20-29(27)34)33(30)25-13-9-6-10-14-25/h5-18,22,27-30,34H,19-21H2,1-4H3. The first kappa shape index (κ1) is 23.7. The molecule has 4 atom stereocenters. The fourth-order valence-corrected chi connectivity index (χ4v) is 6.11. The number of hydrogen-bond donors (Lipinski definition) is 1. The smallest absolute Gasteiger partial charge is 0.128 e. The highest BCUT2D eigenvalue weighted by Crippen LogP contribution is 2.49. The number of aliphatic hydroxyl groups excluding tert-OH is 1. The summed E-state index contributed by atoms with van der Waals surface area (Å²) in [6.45, 7) is 9.53. The van der Waals surface area contributed by atoms with E-state index in [9.17, 15) is 5.11 Å². The fourth-order valence-electron chi connectivity index (χ4n) is 6.11. The van der Waals surface area contributed by atoms with E-state index in [1.54, 1.807) is 0 Å². The largest absolute Gasteiger partial charge is 0.491 e. The third kappa shape index (κ3) is 4.90. The van der Waals surface area contributed by atoms with Crippen molar-refractivity contribution in [2.24, 2.45) is 11.3 Å². The predicted molar refractivity (Wildman–Crippen MR) is 144 cm³/mol. The number of fused-ring (bicyclic) bond motifs is 1. The Labute approximate surface area is 210 Å². The first-order valence-electron chi connectivity index (χ1n) is 12.9. The zero-order valence-corrected chi connectivity index (χ0v) is 21.3. The first-order chi connectivity index (χ1) is 16.8. The molecule has 1 saturated heterocycles. The van der Waals surface area contributed by atoms with Gasteiger partial charge in [-0.05, 0) is 74.1 Å². The number of para-hydroxylation sites is 2. The minimum atomic E-state index is -0.330. The second-order valence-electron chi connectivity index (χ2n) is 11.2. The number of ether oxygens (including phenoxy) is 1. The average molecular weight is 471 g/mol. The summed E-state index contributed by atoms with van der Waals surface area (Å²) < 4.78 is 5.95. The number of hydrogen-bond acceptors (Lipinski definition) is 4. The van der Waals surface area contributed by atoms with Gasteiger partial charge in [-0.3, -0.25) is 0 Å². The van der Waals surface area contributed by atoms with Crippen LogP contribution in [0.3, 0.4) is 0 Å². The van der Waals surface area contributed by atoms with Gasteiger partial charge in [0.25, 0.3) is 0 Å². The molecule has 1 saturated carbocycles. The van der Waals surface area contributed by atoms with Crippen molar-refractivity contribution in [3.8, 4) is 5.75 Å². The van der Waals surface area contributed by atoms with E-state index in [2.05, 4.69) is 122 Å². The Morgan fingerprint density at radius 2 is 1.43 bits per heavy atom. The molecule has 0 amide bonds. The van der Waals surface area contributed by atoms with Crippen molar-refractivity contribution in [1.82, 2.24) is 0 Å². The van der Waals surface area contributed by atoms with Gasteiger partial charge in [0.05, 0.1) is 12.2 Å². The van der Waals surface area contributed by atoms with E-state index in [4.69, 9.17) is 4.74 Å². The molecule has 1 aliphatic heterocycles. The Morgan fingerprint density at radius 1 is 0.829 bits per heavy atom. The summed E-state index contributed by atoms with van der Waals surface area (Å²) in [7, 11) is 0. The zero-order valence-electron chi connectivity index (χ0n) is 21.3. The number of anilines is 2. The lowest BCUT2D eigenvalue weighted by Gasteiger charge is -2.59. The normalized spacial score (nSPS) is 25.9. The molecular formula is C31H38N2O2. The minimum Gasteiger partial charge on any atom is -0.491 e. The molecule has 1 heterocycles. The topological polar surface area (TPSA) is 35.9 Å². The van der Waals surface area contributed by atoms with Crippen LogP contribution in [-0.2, 0) is 0 Å². The SMILES string of the molecule is CC(C)Oc1ccc(C2N(c3ccccc3)CC3C(O)CC(C)(C)CC3N2c2ccccc2)cc1. The highest BCUT2D eigenvalue weighted by molar-refractivity contribution is 5.59. The van der Waals surface area contributed by atoms with E-state index >= 15 is 0 Å². The molecule has 3 aromatic rings. The van der Waals surface area contributed by atoms with Crippen molar-refractivity contribution in [3.63, 3.8) is 0 Å². The van der Waals surface area contributed by atoms with E-state index in [0.29, 0.717) is 0 Å². The molecule has 5 rings (SSSR count). The van der Waals surface area contributed by atoms with E-state index in [1.165, 1.54) is 16.9 Å². The molecule has 4 nitrogen and oxygen atoms in total. The lowest BCUT2D eigenvalue weighted by Crippen LogP contribution is -2.63. The Bertz CT molecular complexity index is 1100. The molecule has 4 heteroatoms. The minimum absolute atomic E-state index is 0.00949. The van der Waals surface area contributed by atoms with Crippen LogP contribution in [-0.4, -0.2) is 29.9 Å². The monoisotopic (exact) mass is 470 g/mol. The van der Waals surface area contributed by atoms with Crippen LogP contribution < -0.4 is 14.5 Å². The van der Waals surface area contributed by atoms with E-state index < -0.39 is 0 Å². The lowest BCUT2D eigenvalue weighted by molar-refractivity contribution is -0.00719. The number of nitrogens with zero attached hydrogens (tertiary/aromatic N) is 2. The van der Waals surface area contributed by atoms with Gasteiger partial charge in [0, 0.05) is 29.9 Å². The average Bonchev–Trinajstić information content (AvgIpc) is 2.84. The highest BCUT2D eigenvalue weighted by Gasteiger charge is 2.50. The molecule has 4 unspecified atom stereocenters. The van der Waals surface area contributed by atoms with E-state index in [-0.39, 0.29) is 35.7 Å². The Balaban J connectivity index is 1.65. The van der Waals surface area contributed by atoms with E-state index in [0.717, 1.165) is 25.1 Å². The van der Waals surface area contributed by atoms with Crippen LogP contribution in [0.15, 0.2) is 84.9 Å².